The molecule has 0 aliphatic carbocycles. The number of carbonyl (C=O) groups is 1. The van der Waals surface area contributed by atoms with Crippen LogP contribution in [-0.4, -0.2) is 20.9 Å². The van der Waals surface area contributed by atoms with Gasteiger partial charge in [-0.05, 0) is 35.0 Å². The van der Waals surface area contributed by atoms with Crippen LogP contribution < -0.4 is 15.0 Å². The average molecular weight is 374 g/mol. The molecule has 0 atom stereocenters. The number of rotatable bonds is 6. The smallest absolute Gasteiger partial charge is 0.272 e. The number of ether oxygens (including phenoxy) is 1. The van der Waals surface area contributed by atoms with Crippen molar-refractivity contribution in [2.24, 2.45) is 0 Å². The van der Waals surface area contributed by atoms with Crippen molar-refractivity contribution < 1.29 is 22.3 Å². The molecule has 3 aromatic carbocycles. The molecule has 0 aromatic heterocycles. The Morgan fingerprint density at radius 3 is 2.50 bits per heavy atom. The fourth-order valence-corrected chi connectivity index (χ4v) is 3.15. The maximum atomic E-state index is 13.0. The van der Waals surface area contributed by atoms with Gasteiger partial charge in [-0.15, -0.1) is 4.83 Å². The predicted octanol–water partition coefficient (Wildman–Crippen LogP) is 2.37. The highest BCUT2D eigenvalue weighted by Crippen LogP contribution is 2.18. The normalized spacial score (nSPS) is 11.3. The molecule has 2 N–H and O–H groups in total. The Labute approximate surface area is 149 Å². The van der Waals surface area contributed by atoms with E-state index in [1.54, 1.807) is 18.2 Å². The van der Waals surface area contributed by atoms with Crippen LogP contribution in [0.3, 0.4) is 0 Å². The van der Waals surface area contributed by atoms with Crippen molar-refractivity contribution in [1.29, 1.82) is 0 Å². The lowest BCUT2D eigenvalue weighted by Gasteiger charge is -2.10. The quantitative estimate of drug-likeness (QED) is 0.649. The Morgan fingerprint density at radius 2 is 1.73 bits per heavy atom. The van der Waals surface area contributed by atoms with E-state index in [-0.39, 0.29) is 10.6 Å². The van der Waals surface area contributed by atoms with Crippen molar-refractivity contribution in [1.82, 2.24) is 10.3 Å². The molecule has 3 rings (SSSR count). The molecular formula is C18H15FN2O4S. The second-order valence-electron chi connectivity index (χ2n) is 5.41. The molecule has 1 amide bonds. The first-order chi connectivity index (χ1) is 12.4. The molecule has 6 nitrogen and oxygen atoms in total. The maximum absolute atomic E-state index is 13.0. The van der Waals surface area contributed by atoms with E-state index in [1.165, 1.54) is 30.3 Å². The number of amides is 1. The summed E-state index contributed by atoms with van der Waals surface area (Å²) in [6.45, 7) is -0.469. The van der Waals surface area contributed by atoms with Gasteiger partial charge in [0.1, 0.15) is 11.6 Å². The van der Waals surface area contributed by atoms with Crippen molar-refractivity contribution in [3.05, 3.63) is 72.5 Å². The summed E-state index contributed by atoms with van der Waals surface area (Å²) in [6.07, 6.45) is 0. The van der Waals surface area contributed by atoms with Gasteiger partial charge in [-0.3, -0.25) is 10.2 Å². The molecule has 0 saturated heterocycles. The summed E-state index contributed by atoms with van der Waals surface area (Å²) in [5.74, 6) is -1.06. The van der Waals surface area contributed by atoms with Gasteiger partial charge in [0.25, 0.3) is 15.9 Å². The highest BCUT2D eigenvalue weighted by Gasteiger charge is 2.15. The van der Waals surface area contributed by atoms with E-state index in [2.05, 4.69) is 5.43 Å². The minimum atomic E-state index is -3.93. The number of halogens is 1. The first kappa shape index (κ1) is 17.8. The summed E-state index contributed by atoms with van der Waals surface area (Å²) in [6, 6.07) is 17.2. The summed E-state index contributed by atoms with van der Waals surface area (Å²) >= 11 is 0. The summed E-state index contributed by atoms with van der Waals surface area (Å²) < 4.78 is 42.7. The Hall–Kier alpha value is -2.97. The van der Waals surface area contributed by atoms with Crippen LogP contribution in [0.25, 0.3) is 10.8 Å². The summed E-state index contributed by atoms with van der Waals surface area (Å²) in [5, 5.41) is 1.66. The van der Waals surface area contributed by atoms with Crippen LogP contribution in [0, 0.1) is 5.82 Å². The zero-order valence-electron chi connectivity index (χ0n) is 13.5. The third-order valence-corrected chi connectivity index (χ3v) is 4.77. The standard InChI is InChI=1S/C18H15FN2O4S/c19-15-6-3-7-16(11-15)25-12-18(22)20-21-26(23,24)17-9-8-13-4-1-2-5-14(13)10-17/h1-11,21H,12H2,(H,20,22). The second kappa shape index (κ2) is 7.51. The fourth-order valence-electron chi connectivity index (χ4n) is 2.26. The van der Waals surface area contributed by atoms with Crippen LogP contribution in [0.1, 0.15) is 0 Å². The average Bonchev–Trinajstić information content (AvgIpc) is 2.64. The van der Waals surface area contributed by atoms with E-state index in [1.807, 2.05) is 17.0 Å². The van der Waals surface area contributed by atoms with E-state index in [9.17, 15) is 17.6 Å². The van der Waals surface area contributed by atoms with Gasteiger partial charge in [-0.1, -0.05) is 36.4 Å². The van der Waals surface area contributed by atoms with Gasteiger partial charge in [0.2, 0.25) is 0 Å². The summed E-state index contributed by atoms with van der Waals surface area (Å²) in [4.78, 5) is 13.8. The fraction of sp³-hybridized carbons (Fsp3) is 0.0556. The molecule has 0 unspecified atom stereocenters. The molecule has 0 heterocycles. The first-order valence-electron chi connectivity index (χ1n) is 7.62. The minimum Gasteiger partial charge on any atom is -0.484 e. The van der Waals surface area contributed by atoms with Crippen LogP contribution in [0.5, 0.6) is 5.75 Å². The van der Waals surface area contributed by atoms with E-state index in [4.69, 9.17) is 4.74 Å². The zero-order chi connectivity index (χ0) is 18.6. The number of hydrogen-bond acceptors (Lipinski definition) is 4. The molecule has 134 valence electrons. The third kappa shape index (κ3) is 4.35. The van der Waals surface area contributed by atoms with E-state index >= 15 is 0 Å². The maximum Gasteiger partial charge on any atom is 0.272 e. The van der Waals surface area contributed by atoms with Crippen molar-refractivity contribution in [3.8, 4) is 5.75 Å². The zero-order valence-corrected chi connectivity index (χ0v) is 14.3. The molecule has 0 saturated carbocycles. The number of carbonyl (C=O) groups excluding carboxylic acids is 1. The molecule has 0 bridgehead atoms. The number of benzene rings is 3. The van der Waals surface area contributed by atoms with Gasteiger partial charge < -0.3 is 4.74 Å². The van der Waals surface area contributed by atoms with E-state index in [0.29, 0.717) is 0 Å². The number of hydrogen-bond donors (Lipinski definition) is 2. The molecule has 0 aliphatic heterocycles. The van der Waals surface area contributed by atoms with Crippen molar-refractivity contribution in [2.45, 2.75) is 4.90 Å². The Morgan fingerprint density at radius 1 is 0.962 bits per heavy atom. The lowest BCUT2D eigenvalue weighted by molar-refractivity contribution is -0.123. The minimum absolute atomic E-state index is 0.0162. The second-order valence-corrected chi connectivity index (χ2v) is 7.09. The molecule has 0 aliphatic rings. The van der Waals surface area contributed by atoms with Crippen molar-refractivity contribution >= 4 is 26.7 Å². The summed E-state index contributed by atoms with van der Waals surface area (Å²) in [5.41, 5.74) is 2.06. The van der Waals surface area contributed by atoms with Gasteiger partial charge in [-0.25, -0.2) is 12.8 Å². The van der Waals surface area contributed by atoms with Gasteiger partial charge in [0.05, 0.1) is 4.90 Å². The van der Waals surface area contributed by atoms with Gasteiger partial charge >= 0.3 is 0 Å². The highest BCUT2D eigenvalue weighted by atomic mass is 32.2. The van der Waals surface area contributed by atoms with Crippen LogP contribution in [0.15, 0.2) is 71.6 Å². The number of hydrazine groups is 1. The van der Waals surface area contributed by atoms with Crippen molar-refractivity contribution in [3.63, 3.8) is 0 Å². The van der Waals surface area contributed by atoms with Gasteiger partial charge in [0, 0.05) is 6.07 Å². The molecule has 0 radical (unpaired) electrons. The monoisotopic (exact) mass is 374 g/mol. The molecule has 8 heteroatoms. The topological polar surface area (TPSA) is 84.5 Å². The Kier molecular flexibility index (Phi) is 5.15. The lowest BCUT2D eigenvalue weighted by Crippen LogP contribution is -2.43. The van der Waals surface area contributed by atoms with Crippen LogP contribution >= 0.6 is 0 Å². The Balaban J connectivity index is 1.60. The van der Waals surface area contributed by atoms with Crippen LogP contribution in [0.4, 0.5) is 4.39 Å². The first-order valence-corrected chi connectivity index (χ1v) is 9.10. The third-order valence-electron chi connectivity index (χ3n) is 3.52. The van der Waals surface area contributed by atoms with Gasteiger partial charge in [-0.2, -0.15) is 0 Å². The van der Waals surface area contributed by atoms with Crippen LogP contribution in [-0.2, 0) is 14.8 Å². The molecule has 3 aromatic rings. The van der Waals surface area contributed by atoms with E-state index < -0.39 is 28.4 Å². The molecule has 26 heavy (non-hydrogen) atoms. The lowest BCUT2D eigenvalue weighted by atomic mass is 10.1. The summed E-state index contributed by atoms with van der Waals surface area (Å²) in [7, 11) is -3.93. The molecule has 0 fully saturated rings. The molecular weight excluding hydrogens is 359 g/mol. The largest absolute Gasteiger partial charge is 0.484 e. The SMILES string of the molecule is O=C(COc1cccc(F)c1)NNS(=O)(=O)c1ccc2ccccc2c1. The van der Waals surface area contributed by atoms with Crippen LogP contribution in [0.2, 0.25) is 0 Å². The predicted molar refractivity (Wildman–Crippen MR) is 94.3 cm³/mol. The van der Waals surface area contributed by atoms with Crippen molar-refractivity contribution in [2.75, 3.05) is 6.61 Å². The van der Waals surface area contributed by atoms with Gasteiger partial charge in [0.15, 0.2) is 6.61 Å². The number of sulfonamides is 1. The number of nitrogens with one attached hydrogen (secondary N) is 2. The molecule has 0 spiro atoms. The van der Waals surface area contributed by atoms with E-state index in [0.717, 1.165) is 16.8 Å². The number of fused-ring (bicyclic) bond motifs is 1. The Bertz CT molecular complexity index is 1050. The highest BCUT2D eigenvalue weighted by molar-refractivity contribution is 7.89.